The van der Waals surface area contributed by atoms with Crippen LogP contribution in [0.25, 0.3) is 0 Å². The Hall–Kier alpha value is -1.71. The van der Waals surface area contributed by atoms with Crippen LogP contribution in [0.1, 0.15) is 6.92 Å². The fourth-order valence-corrected chi connectivity index (χ4v) is 1.27. The van der Waals surface area contributed by atoms with Crippen LogP contribution in [-0.2, 0) is 19.7 Å². The molecule has 0 saturated heterocycles. The lowest BCUT2D eigenvalue weighted by molar-refractivity contribution is -0.131. The van der Waals surface area contributed by atoms with Crippen LogP contribution in [0.3, 0.4) is 0 Å². The molecule has 0 bridgehead atoms. The first kappa shape index (κ1) is 19.6. The molecule has 0 rings (SSSR count). The van der Waals surface area contributed by atoms with E-state index >= 15 is 0 Å². The van der Waals surface area contributed by atoms with Crippen LogP contribution in [0.2, 0.25) is 0 Å². The molecule has 8 nitrogen and oxygen atoms in total. The molecule has 4 N–H and O–H groups in total. The van der Waals surface area contributed by atoms with Crippen molar-refractivity contribution in [3.63, 3.8) is 0 Å². The zero-order chi connectivity index (χ0) is 15.6. The number of amides is 1. The molecule has 1 atom stereocenters. The zero-order valence-electron chi connectivity index (χ0n) is 10.4. The van der Waals surface area contributed by atoms with E-state index in [4.69, 9.17) is 14.8 Å². The number of rotatable bonds is 6. The molecule has 0 saturated carbocycles. The predicted octanol–water partition coefficient (Wildman–Crippen LogP) is -0.816. The van der Waals surface area contributed by atoms with Gasteiger partial charge in [-0.25, -0.2) is 4.79 Å². The van der Waals surface area contributed by atoms with Gasteiger partial charge in [-0.05, 0) is 6.92 Å². The lowest BCUT2D eigenvalue weighted by Gasteiger charge is -2.09. The number of nitrogens with one attached hydrogen (secondary N) is 1. The highest BCUT2D eigenvalue weighted by Gasteiger charge is 2.14. The quantitative estimate of drug-likeness (QED) is 0.370. The molecule has 0 aromatic heterocycles. The number of aliphatic carboxylic acids is 1. The van der Waals surface area contributed by atoms with Gasteiger partial charge in [0.05, 0.1) is 6.10 Å². The predicted molar refractivity (Wildman–Crippen MR) is 68.1 cm³/mol. The maximum atomic E-state index is 10.9. The Morgan fingerprint density at radius 1 is 1.42 bits per heavy atom. The van der Waals surface area contributed by atoms with Crippen molar-refractivity contribution in [1.29, 1.82) is 0 Å². The van der Waals surface area contributed by atoms with E-state index in [0.29, 0.717) is 0 Å². The molecule has 0 aliphatic heterocycles. The first-order valence-electron chi connectivity index (χ1n) is 4.92. The number of hydrogen-bond acceptors (Lipinski definition) is 5. The summed E-state index contributed by atoms with van der Waals surface area (Å²) in [5.41, 5.74) is 0.254. The Morgan fingerprint density at radius 3 is 2.11 bits per heavy atom. The molecule has 1 amide bonds. The number of hydrogen-bond donors (Lipinski definition) is 4. The van der Waals surface area contributed by atoms with Gasteiger partial charge in [-0.2, -0.15) is 8.42 Å². The van der Waals surface area contributed by atoms with E-state index in [1.54, 1.807) is 0 Å². The standard InChI is InChI=1S/C7H13NO5S.C3H4O2/c1-5(2)7(10)8-3-6(9)4-14(11,12)13;1-2-3(4)5/h6,9H,1,3-4H2,2H3,(H,8,10)(H,11,12,13);2H,1H2,(H,4,5). The highest BCUT2D eigenvalue weighted by atomic mass is 32.2. The van der Waals surface area contributed by atoms with Crippen LogP contribution in [0.5, 0.6) is 0 Å². The van der Waals surface area contributed by atoms with E-state index in [0.717, 1.165) is 6.08 Å². The summed E-state index contributed by atoms with van der Waals surface area (Å²) < 4.78 is 28.9. The van der Waals surface area contributed by atoms with Gasteiger partial charge >= 0.3 is 5.97 Å². The average Bonchev–Trinajstić information content (AvgIpc) is 2.24. The molecule has 0 aliphatic rings. The SMILES string of the molecule is C=C(C)C(=O)NCC(O)CS(=O)(=O)O.C=CC(=O)O. The Morgan fingerprint density at radius 2 is 1.84 bits per heavy atom. The lowest BCUT2D eigenvalue weighted by Crippen LogP contribution is -2.36. The number of carboxylic acid groups (broad SMARTS) is 1. The molecule has 0 radical (unpaired) electrons. The van der Waals surface area contributed by atoms with Crippen LogP contribution >= 0.6 is 0 Å². The van der Waals surface area contributed by atoms with Crippen LogP contribution in [-0.4, -0.2) is 53.5 Å². The number of aliphatic hydroxyl groups excluding tert-OH is 1. The highest BCUT2D eigenvalue weighted by molar-refractivity contribution is 7.85. The topological polar surface area (TPSA) is 141 Å². The molecule has 0 aromatic carbocycles. The van der Waals surface area contributed by atoms with Gasteiger partial charge in [-0.1, -0.05) is 13.2 Å². The van der Waals surface area contributed by atoms with E-state index in [1.165, 1.54) is 6.92 Å². The fraction of sp³-hybridized carbons (Fsp3) is 0.400. The van der Waals surface area contributed by atoms with Gasteiger partial charge in [0.2, 0.25) is 5.91 Å². The molecule has 19 heavy (non-hydrogen) atoms. The maximum Gasteiger partial charge on any atom is 0.327 e. The number of carboxylic acids is 1. The van der Waals surface area contributed by atoms with Crippen molar-refractivity contribution < 1.29 is 32.8 Å². The smallest absolute Gasteiger partial charge is 0.327 e. The van der Waals surface area contributed by atoms with Crippen molar-refractivity contribution in [3.05, 3.63) is 24.8 Å². The normalized spacial score (nSPS) is 11.5. The summed E-state index contributed by atoms with van der Waals surface area (Å²) in [6.07, 6.45) is -0.492. The van der Waals surface area contributed by atoms with Crippen molar-refractivity contribution in [2.24, 2.45) is 0 Å². The molecule has 0 fully saturated rings. The summed E-state index contributed by atoms with van der Waals surface area (Å²) in [7, 11) is -4.22. The third kappa shape index (κ3) is 16.3. The van der Waals surface area contributed by atoms with E-state index < -0.39 is 33.9 Å². The zero-order valence-corrected chi connectivity index (χ0v) is 11.2. The summed E-state index contributed by atoms with van der Waals surface area (Å²) >= 11 is 0. The van der Waals surface area contributed by atoms with Gasteiger partial charge in [-0.15, -0.1) is 0 Å². The Labute approximate surface area is 111 Å². The lowest BCUT2D eigenvalue weighted by atomic mass is 10.3. The van der Waals surface area contributed by atoms with Crippen molar-refractivity contribution >= 4 is 22.0 Å². The van der Waals surface area contributed by atoms with Gasteiger partial charge in [0, 0.05) is 18.2 Å². The maximum absolute atomic E-state index is 10.9. The van der Waals surface area contributed by atoms with Gasteiger partial charge in [-0.3, -0.25) is 9.35 Å². The van der Waals surface area contributed by atoms with Crippen LogP contribution < -0.4 is 5.32 Å². The molecule has 9 heteroatoms. The van der Waals surface area contributed by atoms with E-state index in [9.17, 15) is 18.0 Å². The minimum Gasteiger partial charge on any atom is -0.478 e. The molecular weight excluding hydrogens is 278 g/mol. The Bertz CT molecular complexity index is 441. The number of aliphatic hydroxyl groups is 1. The van der Waals surface area contributed by atoms with Crippen LogP contribution in [0, 0.1) is 0 Å². The van der Waals surface area contributed by atoms with Crippen molar-refractivity contribution in [1.82, 2.24) is 5.32 Å². The molecular formula is C10H17NO7S. The summed E-state index contributed by atoms with van der Waals surface area (Å²) in [5.74, 6) is -2.26. The fourth-order valence-electron chi connectivity index (χ4n) is 0.663. The number of carbonyl (C=O) groups excluding carboxylic acids is 1. The average molecular weight is 295 g/mol. The molecule has 0 spiro atoms. The van der Waals surface area contributed by atoms with Crippen molar-refractivity contribution in [3.8, 4) is 0 Å². The summed E-state index contributed by atoms with van der Waals surface area (Å²) in [6, 6.07) is 0. The van der Waals surface area contributed by atoms with Gasteiger partial charge in [0.1, 0.15) is 5.75 Å². The highest BCUT2D eigenvalue weighted by Crippen LogP contribution is 1.91. The molecule has 0 aromatic rings. The molecule has 110 valence electrons. The van der Waals surface area contributed by atoms with E-state index in [-0.39, 0.29) is 12.1 Å². The van der Waals surface area contributed by atoms with Crippen LogP contribution in [0.15, 0.2) is 24.8 Å². The second-order valence-electron chi connectivity index (χ2n) is 3.44. The summed E-state index contributed by atoms with van der Waals surface area (Å²) in [4.78, 5) is 20.1. The van der Waals surface area contributed by atoms with E-state index in [2.05, 4.69) is 18.5 Å². The molecule has 1 unspecified atom stereocenters. The van der Waals surface area contributed by atoms with Gasteiger partial charge in [0.25, 0.3) is 10.1 Å². The summed E-state index contributed by atoms with van der Waals surface area (Å²) in [6.45, 7) is 7.54. The first-order chi connectivity index (χ1) is 8.49. The minimum atomic E-state index is -4.22. The molecule has 0 heterocycles. The second-order valence-corrected chi connectivity index (χ2v) is 4.93. The Balaban J connectivity index is 0. The van der Waals surface area contributed by atoms with Crippen molar-refractivity contribution in [2.75, 3.05) is 12.3 Å². The summed E-state index contributed by atoms with van der Waals surface area (Å²) in [5, 5.41) is 18.9. The monoisotopic (exact) mass is 295 g/mol. The Kier molecular flexibility index (Phi) is 9.56. The number of carbonyl (C=O) groups is 2. The van der Waals surface area contributed by atoms with Crippen LogP contribution in [0.4, 0.5) is 0 Å². The first-order valence-corrected chi connectivity index (χ1v) is 6.52. The third-order valence-corrected chi connectivity index (χ3v) is 2.27. The second kappa shape index (κ2) is 9.25. The molecule has 0 aliphatic carbocycles. The van der Waals surface area contributed by atoms with Crippen molar-refractivity contribution in [2.45, 2.75) is 13.0 Å². The minimum absolute atomic E-state index is 0.245. The third-order valence-electron chi connectivity index (χ3n) is 1.46. The van der Waals surface area contributed by atoms with E-state index in [1.807, 2.05) is 0 Å². The largest absolute Gasteiger partial charge is 0.478 e. The van der Waals surface area contributed by atoms with Gasteiger partial charge in [0.15, 0.2) is 0 Å². The van der Waals surface area contributed by atoms with Gasteiger partial charge < -0.3 is 15.5 Å².